The minimum atomic E-state index is -0.990. The second-order valence-electron chi connectivity index (χ2n) is 6.87. The molecule has 0 bridgehead atoms. The van der Waals surface area contributed by atoms with Gasteiger partial charge in [0.1, 0.15) is 11.3 Å². The second-order valence-corrected chi connectivity index (χ2v) is 7.71. The first-order valence-corrected chi connectivity index (χ1v) is 9.69. The lowest BCUT2D eigenvalue weighted by atomic mass is 10.0. The number of hydrogen-bond acceptors (Lipinski definition) is 5. The highest BCUT2D eigenvalue weighted by Crippen LogP contribution is 2.27. The fourth-order valence-corrected chi connectivity index (χ4v) is 3.65. The van der Waals surface area contributed by atoms with Crippen molar-refractivity contribution in [3.8, 4) is 0 Å². The molecule has 0 unspecified atom stereocenters. The van der Waals surface area contributed by atoms with Crippen molar-refractivity contribution in [2.45, 2.75) is 43.2 Å². The molecular formula is C18H24N4O2S. The molecule has 0 radical (unpaired) electrons. The number of amides is 1. The topological polar surface area (TPSA) is 71.2 Å². The molecule has 2 heterocycles. The molecule has 3 rings (SSSR count). The number of thioether (sulfide) groups is 1. The van der Waals surface area contributed by atoms with Gasteiger partial charge in [0.05, 0.1) is 17.8 Å². The van der Waals surface area contributed by atoms with E-state index in [2.05, 4.69) is 10.3 Å². The lowest BCUT2D eigenvalue weighted by Gasteiger charge is -2.32. The van der Waals surface area contributed by atoms with Gasteiger partial charge in [-0.05, 0) is 45.1 Å². The van der Waals surface area contributed by atoms with E-state index in [0.717, 1.165) is 23.3 Å². The minimum Gasteiger partial charge on any atom is -0.384 e. The second kappa shape index (κ2) is 7.17. The maximum atomic E-state index is 12.8. The van der Waals surface area contributed by atoms with Gasteiger partial charge in [0.2, 0.25) is 0 Å². The van der Waals surface area contributed by atoms with E-state index in [1.54, 1.807) is 25.6 Å². The van der Waals surface area contributed by atoms with Crippen molar-refractivity contribution >= 4 is 17.7 Å². The number of likely N-dealkylation sites (tertiary alicyclic amines) is 1. The third kappa shape index (κ3) is 3.88. The molecule has 1 aliphatic rings. The summed E-state index contributed by atoms with van der Waals surface area (Å²) in [6.07, 6.45) is 5.47. The van der Waals surface area contributed by atoms with Crippen LogP contribution in [0.1, 0.15) is 48.8 Å². The molecule has 1 N–H and O–H groups in total. The molecule has 7 heteroatoms. The Bertz CT molecular complexity index is 746. The van der Waals surface area contributed by atoms with Crippen LogP contribution in [0.4, 0.5) is 0 Å². The van der Waals surface area contributed by atoms with Crippen LogP contribution >= 0.6 is 11.8 Å². The Morgan fingerprint density at radius 2 is 1.96 bits per heavy atom. The Labute approximate surface area is 152 Å². The van der Waals surface area contributed by atoms with E-state index in [0.29, 0.717) is 18.8 Å². The Morgan fingerprint density at radius 1 is 1.28 bits per heavy atom. The van der Waals surface area contributed by atoms with Crippen LogP contribution in [0.5, 0.6) is 0 Å². The van der Waals surface area contributed by atoms with E-state index >= 15 is 0 Å². The highest BCUT2D eigenvalue weighted by Gasteiger charge is 2.28. The SMILES string of the molecule is CSc1ccccc1C(=O)N1CCC(n2cc(C(C)(C)O)nn2)CC1. The summed E-state index contributed by atoms with van der Waals surface area (Å²) in [5.74, 6) is 0.0965. The van der Waals surface area contributed by atoms with Crippen LogP contribution < -0.4 is 0 Å². The summed E-state index contributed by atoms with van der Waals surface area (Å²) < 4.78 is 1.82. The predicted octanol–water partition coefficient (Wildman–Crippen LogP) is 2.70. The smallest absolute Gasteiger partial charge is 0.254 e. The summed E-state index contributed by atoms with van der Waals surface area (Å²) >= 11 is 1.60. The first-order valence-electron chi connectivity index (χ1n) is 8.47. The molecule has 1 aliphatic heterocycles. The van der Waals surface area contributed by atoms with E-state index in [4.69, 9.17) is 0 Å². The summed E-state index contributed by atoms with van der Waals surface area (Å²) in [7, 11) is 0. The molecular weight excluding hydrogens is 336 g/mol. The Morgan fingerprint density at radius 3 is 2.56 bits per heavy atom. The lowest BCUT2D eigenvalue weighted by Crippen LogP contribution is -2.39. The van der Waals surface area contributed by atoms with Crippen LogP contribution in [-0.2, 0) is 5.60 Å². The van der Waals surface area contributed by atoms with Crippen LogP contribution in [0.15, 0.2) is 35.4 Å². The summed E-state index contributed by atoms with van der Waals surface area (Å²) in [6.45, 7) is 4.80. The zero-order valence-corrected chi connectivity index (χ0v) is 15.7. The van der Waals surface area contributed by atoms with Gasteiger partial charge >= 0.3 is 0 Å². The summed E-state index contributed by atoms with van der Waals surface area (Å²) in [5.41, 5.74) is 0.356. The van der Waals surface area contributed by atoms with Gasteiger partial charge in [-0.2, -0.15) is 0 Å². The largest absolute Gasteiger partial charge is 0.384 e. The van der Waals surface area contributed by atoms with Gasteiger partial charge in [0.15, 0.2) is 0 Å². The van der Waals surface area contributed by atoms with Crippen molar-refractivity contribution in [1.82, 2.24) is 19.9 Å². The summed E-state index contributed by atoms with van der Waals surface area (Å²) in [5, 5.41) is 18.2. The van der Waals surface area contributed by atoms with Crippen LogP contribution in [0.3, 0.4) is 0 Å². The van der Waals surface area contributed by atoms with Crippen LogP contribution in [0.25, 0.3) is 0 Å². The molecule has 25 heavy (non-hydrogen) atoms. The maximum absolute atomic E-state index is 12.8. The van der Waals surface area contributed by atoms with Crippen molar-refractivity contribution in [2.75, 3.05) is 19.3 Å². The zero-order valence-electron chi connectivity index (χ0n) is 14.8. The summed E-state index contributed by atoms with van der Waals surface area (Å²) in [6, 6.07) is 7.96. The average molecular weight is 360 g/mol. The predicted molar refractivity (Wildman–Crippen MR) is 97.7 cm³/mol. The third-order valence-electron chi connectivity index (χ3n) is 4.60. The number of carbonyl (C=O) groups is 1. The third-order valence-corrected chi connectivity index (χ3v) is 5.40. The van der Waals surface area contributed by atoms with E-state index in [1.165, 1.54) is 0 Å². The maximum Gasteiger partial charge on any atom is 0.254 e. The molecule has 134 valence electrons. The summed E-state index contributed by atoms with van der Waals surface area (Å²) in [4.78, 5) is 15.7. The molecule has 1 saturated heterocycles. The van der Waals surface area contributed by atoms with Gasteiger partial charge < -0.3 is 10.0 Å². The lowest BCUT2D eigenvalue weighted by molar-refractivity contribution is 0.0685. The van der Waals surface area contributed by atoms with Crippen molar-refractivity contribution in [1.29, 1.82) is 0 Å². The van der Waals surface area contributed by atoms with Crippen LogP contribution in [0, 0.1) is 0 Å². The van der Waals surface area contributed by atoms with Gasteiger partial charge in [0, 0.05) is 18.0 Å². The number of carbonyl (C=O) groups excluding carboxylic acids is 1. The quantitative estimate of drug-likeness (QED) is 0.849. The number of benzene rings is 1. The molecule has 0 aliphatic carbocycles. The monoisotopic (exact) mass is 360 g/mol. The molecule has 1 aromatic heterocycles. The van der Waals surface area contributed by atoms with Gasteiger partial charge in [-0.1, -0.05) is 17.3 Å². The molecule has 6 nitrogen and oxygen atoms in total. The van der Waals surface area contributed by atoms with Gasteiger partial charge in [-0.15, -0.1) is 16.9 Å². The number of hydrogen-bond donors (Lipinski definition) is 1. The van der Waals surface area contributed by atoms with Crippen molar-refractivity contribution < 1.29 is 9.90 Å². The normalized spacial score (nSPS) is 16.2. The molecule has 1 amide bonds. The number of rotatable bonds is 4. The van der Waals surface area contributed by atoms with Crippen molar-refractivity contribution in [3.63, 3.8) is 0 Å². The zero-order chi connectivity index (χ0) is 18.0. The number of aromatic nitrogens is 3. The van der Waals surface area contributed by atoms with E-state index in [-0.39, 0.29) is 11.9 Å². The van der Waals surface area contributed by atoms with Crippen molar-refractivity contribution in [3.05, 3.63) is 41.7 Å². The molecule has 0 spiro atoms. The molecule has 1 aromatic carbocycles. The average Bonchev–Trinajstić information content (AvgIpc) is 3.12. The minimum absolute atomic E-state index is 0.0965. The molecule has 1 fully saturated rings. The van der Waals surface area contributed by atoms with Gasteiger partial charge in [-0.25, -0.2) is 4.68 Å². The Balaban J connectivity index is 1.66. The number of piperidine rings is 1. The first-order chi connectivity index (χ1) is 11.9. The van der Waals surface area contributed by atoms with Gasteiger partial charge in [-0.3, -0.25) is 4.79 Å². The Hall–Kier alpha value is -1.86. The van der Waals surface area contributed by atoms with Crippen molar-refractivity contribution in [2.24, 2.45) is 0 Å². The van der Waals surface area contributed by atoms with E-state index < -0.39 is 5.60 Å². The van der Waals surface area contributed by atoms with E-state index in [1.807, 2.05) is 46.3 Å². The highest BCUT2D eigenvalue weighted by atomic mass is 32.2. The Kier molecular flexibility index (Phi) is 5.15. The first kappa shape index (κ1) is 17.9. The van der Waals surface area contributed by atoms with Gasteiger partial charge in [0.25, 0.3) is 5.91 Å². The van der Waals surface area contributed by atoms with E-state index in [9.17, 15) is 9.90 Å². The number of aliphatic hydroxyl groups is 1. The molecule has 0 saturated carbocycles. The van der Waals surface area contributed by atoms with Crippen LogP contribution in [0.2, 0.25) is 0 Å². The fraction of sp³-hybridized carbons (Fsp3) is 0.500. The van der Waals surface area contributed by atoms with Crippen LogP contribution in [-0.4, -0.2) is 50.3 Å². The molecule has 2 aromatic rings. The number of nitrogens with zero attached hydrogens (tertiary/aromatic N) is 4. The highest BCUT2D eigenvalue weighted by molar-refractivity contribution is 7.98. The fourth-order valence-electron chi connectivity index (χ4n) is 3.06. The molecule has 0 atom stereocenters. The standard InChI is InChI=1S/C18H24N4O2S/c1-18(2,24)16-12-22(20-19-16)13-8-10-21(11-9-13)17(23)14-6-4-5-7-15(14)25-3/h4-7,12-13,24H,8-11H2,1-3H3.